The molecule has 4 heterocycles. The molecule has 8 nitrogen and oxygen atoms in total. The highest BCUT2D eigenvalue weighted by Crippen LogP contribution is 2.29. The second kappa shape index (κ2) is 7.63. The van der Waals surface area contributed by atoms with E-state index < -0.39 is 34.9 Å². The lowest BCUT2D eigenvalue weighted by Crippen LogP contribution is -2.43. The van der Waals surface area contributed by atoms with E-state index in [0.29, 0.717) is 5.69 Å². The monoisotopic (exact) mass is 437 g/mol. The summed E-state index contributed by atoms with van der Waals surface area (Å²) in [6.07, 6.45) is -1.47. The van der Waals surface area contributed by atoms with E-state index in [1.165, 1.54) is 21.8 Å². The molecule has 12 heteroatoms. The zero-order valence-corrected chi connectivity index (χ0v) is 16.4. The van der Waals surface area contributed by atoms with Crippen molar-refractivity contribution in [2.24, 2.45) is 0 Å². The van der Waals surface area contributed by atoms with Gasteiger partial charge in [0.1, 0.15) is 12.0 Å². The van der Waals surface area contributed by atoms with Crippen LogP contribution >= 0.6 is 11.6 Å². The van der Waals surface area contributed by atoms with Gasteiger partial charge in [-0.25, -0.2) is 27.7 Å². The third kappa shape index (κ3) is 3.49. The number of hydrogen-bond acceptors (Lipinski definition) is 6. The summed E-state index contributed by atoms with van der Waals surface area (Å²) in [5, 5.41) is 11.9. The summed E-state index contributed by atoms with van der Waals surface area (Å²) in [5.41, 5.74) is 0.162. The number of amides is 1. The summed E-state index contributed by atoms with van der Waals surface area (Å²) in [6.45, 7) is 1.75. The molecule has 0 unspecified atom stereocenters. The van der Waals surface area contributed by atoms with Crippen LogP contribution in [0.2, 0.25) is 5.15 Å². The summed E-state index contributed by atoms with van der Waals surface area (Å²) in [5.74, 6) is -2.29. The zero-order chi connectivity index (χ0) is 21.6. The van der Waals surface area contributed by atoms with Crippen molar-refractivity contribution in [2.75, 3.05) is 13.1 Å². The Labute approximate surface area is 173 Å². The van der Waals surface area contributed by atoms with Gasteiger partial charge < -0.3 is 10.3 Å². The molecular formula is C18H15ClF3N7O. The van der Waals surface area contributed by atoms with E-state index in [1.54, 1.807) is 6.92 Å². The van der Waals surface area contributed by atoms with Crippen molar-refractivity contribution in [3.8, 4) is 0 Å². The second-order valence-electron chi connectivity index (χ2n) is 6.87. The lowest BCUT2D eigenvalue weighted by atomic mass is 9.91. The molecule has 4 rings (SSSR count). The number of nitrogens with one attached hydrogen (secondary N) is 1. The SMILES string of the molecule is Cc1cc(C(=O)N2CCC(=N)[C@H](c3cc(C(F)F)nc4ncnn34)C2)c(F)c(Cl)n1. The molecule has 0 radical (unpaired) electrons. The Bertz CT molecular complexity index is 1170. The molecule has 1 amide bonds. The van der Waals surface area contributed by atoms with Gasteiger partial charge in [-0.15, -0.1) is 0 Å². The predicted molar refractivity (Wildman–Crippen MR) is 101 cm³/mol. The molecule has 0 spiro atoms. The molecule has 1 saturated heterocycles. The van der Waals surface area contributed by atoms with Gasteiger partial charge in [0.2, 0.25) is 0 Å². The number of aryl methyl sites for hydroxylation is 1. The van der Waals surface area contributed by atoms with Crippen LogP contribution in [-0.2, 0) is 0 Å². The van der Waals surface area contributed by atoms with Crippen molar-refractivity contribution >= 4 is 29.0 Å². The Kier molecular flexibility index (Phi) is 5.14. The number of aromatic nitrogens is 5. The third-order valence-corrected chi connectivity index (χ3v) is 5.17. The number of nitrogens with zero attached hydrogens (tertiary/aromatic N) is 6. The van der Waals surface area contributed by atoms with Gasteiger partial charge in [-0.3, -0.25) is 4.79 Å². The van der Waals surface area contributed by atoms with Gasteiger partial charge in [-0.05, 0) is 19.1 Å². The third-order valence-electron chi connectivity index (χ3n) is 4.92. The van der Waals surface area contributed by atoms with E-state index in [-0.39, 0.29) is 42.3 Å². The van der Waals surface area contributed by atoms with Crippen LogP contribution in [0.5, 0.6) is 0 Å². The maximum atomic E-state index is 14.4. The fourth-order valence-corrected chi connectivity index (χ4v) is 3.70. The number of hydrogen-bond donors (Lipinski definition) is 1. The molecule has 0 saturated carbocycles. The van der Waals surface area contributed by atoms with E-state index in [0.717, 1.165) is 6.07 Å². The number of piperidine rings is 1. The fraction of sp³-hybridized carbons (Fsp3) is 0.333. The Morgan fingerprint density at radius 3 is 2.83 bits per heavy atom. The first kappa shape index (κ1) is 20.2. The molecule has 0 aromatic carbocycles. The number of pyridine rings is 1. The lowest BCUT2D eigenvalue weighted by molar-refractivity contribution is 0.0740. The van der Waals surface area contributed by atoms with Gasteiger partial charge in [0.05, 0.1) is 17.2 Å². The predicted octanol–water partition coefficient (Wildman–Crippen LogP) is 3.21. The van der Waals surface area contributed by atoms with E-state index >= 15 is 0 Å². The molecule has 156 valence electrons. The van der Waals surface area contributed by atoms with Crippen LogP contribution in [0, 0.1) is 18.2 Å². The van der Waals surface area contributed by atoms with Crippen molar-refractivity contribution in [2.45, 2.75) is 25.7 Å². The number of rotatable bonds is 3. The topological polar surface area (TPSA) is 100 Å². The average Bonchev–Trinajstić information content (AvgIpc) is 3.18. The normalized spacial score (nSPS) is 17.2. The number of alkyl halides is 2. The molecule has 1 N–H and O–H groups in total. The van der Waals surface area contributed by atoms with Crippen molar-refractivity contribution in [1.29, 1.82) is 5.41 Å². The van der Waals surface area contributed by atoms with Gasteiger partial charge in [0, 0.05) is 30.9 Å². The fourth-order valence-electron chi connectivity index (χ4n) is 3.47. The van der Waals surface area contributed by atoms with Crippen molar-refractivity contribution in [1.82, 2.24) is 29.5 Å². The standard InChI is InChI=1S/C18H15ClF3N7O/c1-8-4-9(14(20)15(19)26-8)17(30)28-3-2-11(23)10(6-28)13-5-12(16(21)22)27-18-24-7-25-29(13)18/h4-5,7,10,16,23H,2-3,6H2,1H3/t10-/m1/s1. The van der Waals surface area contributed by atoms with Crippen LogP contribution in [0.1, 0.15) is 46.2 Å². The van der Waals surface area contributed by atoms with Crippen LogP contribution in [-0.4, -0.2) is 54.2 Å². The quantitative estimate of drug-likeness (QED) is 0.634. The Balaban J connectivity index is 1.72. The minimum atomic E-state index is -2.84. The molecular weight excluding hydrogens is 423 g/mol. The smallest absolute Gasteiger partial charge is 0.280 e. The molecule has 1 atom stereocenters. The largest absolute Gasteiger partial charge is 0.337 e. The number of halogens is 4. The van der Waals surface area contributed by atoms with Gasteiger partial charge in [-0.1, -0.05) is 11.6 Å². The van der Waals surface area contributed by atoms with E-state index in [2.05, 4.69) is 20.1 Å². The first-order valence-corrected chi connectivity index (χ1v) is 9.32. The molecule has 30 heavy (non-hydrogen) atoms. The van der Waals surface area contributed by atoms with Crippen LogP contribution in [0.4, 0.5) is 13.2 Å². The minimum absolute atomic E-state index is 0.0161. The van der Waals surface area contributed by atoms with Crippen molar-refractivity contribution in [3.63, 3.8) is 0 Å². The van der Waals surface area contributed by atoms with E-state index in [1.807, 2.05) is 0 Å². The first-order valence-electron chi connectivity index (χ1n) is 8.94. The Morgan fingerprint density at radius 2 is 2.10 bits per heavy atom. The van der Waals surface area contributed by atoms with Crippen molar-refractivity contribution in [3.05, 3.63) is 52.1 Å². The van der Waals surface area contributed by atoms with Crippen LogP contribution in [0.25, 0.3) is 5.78 Å². The molecule has 3 aromatic rings. The number of carbonyl (C=O) groups excluding carboxylic acids is 1. The molecule has 1 aliphatic rings. The van der Waals surface area contributed by atoms with Gasteiger partial charge in [0.15, 0.2) is 11.0 Å². The summed E-state index contributed by atoms with van der Waals surface area (Å²) >= 11 is 5.76. The highest BCUT2D eigenvalue weighted by Gasteiger charge is 2.33. The first-order chi connectivity index (χ1) is 14.3. The molecule has 1 aliphatic heterocycles. The average molecular weight is 438 g/mol. The summed E-state index contributed by atoms with van der Waals surface area (Å²) in [7, 11) is 0. The molecule has 1 fully saturated rings. The van der Waals surface area contributed by atoms with Crippen molar-refractivity contribution < 1.29 is 18.0 Å². The van der Waals surface area contributed by atoms with Crippen LogP contribution in [0.3, 0.4) is 0 Å². The summed E-state index contributed by atoms with van der Waals surface area (Å²) in [4.78, 5) is 25.7. The number of carbonyl (C=O) groups is 1. The van der Waals surface area contributed by atoms with E-state index in [4.69, 9.17) is 17.0 Å². The molecule has 3 aromatic heterocycles. The summed E-state index contributed by atoms with van der Waals surface area (Å²) in [6, 6.07) is 2.46. The highest BCUT2D eigenvalue weighted by atomic mass is 35.5. The van der Waals surface area contributed by atoms with Gasteiger partial charge in [0.25, 0.3) is 18.1 Å². The maximum absolute atomic E-state index is 14.4. The second-order valence-corrected chi connectivity index (χ2v) is 7.23. The summed E-state index contributed by atoms with van der Waals surface area (Å²) < 4.78 is 42.3. The molecule has 0 aliphatic carbocycles. The van der Waals surface area contributed by atoms with Crippen LogP contribution in [0.15, 0.2) is 18.5 Å². The highest BCUT2D eigenvalue weighted by molar-refractivity contribution is 6.30. The minimum Gasteiger partial charge on any atom is -0.337 e. The Hall–Kier alpha value is -3.08. The Morgan fingerprint density at radius 1 is 1.33 bits per heavy atom. The van der Waals surface area contributed by atoms with E-state index in [9.17, 15) is 18.0 Å². The molecule has 0 bridgehead atoms. The zero-order valence-electron chi connectivity index (χ0n) is 15.6. The lowest BCUT2D eigenvalue weighted by Gasteiger charge is -2.33. The number of likely N-dealkylation sites (tertiary alicyclic amines) is 1. The maximum Gasteiger partial charge on any atom is 0.280 e. The van der Waals surface area contributed by atoms with Gasteiger partial charge >= 0.3 is 0 Å². The van der Waals surface area contributed by atoms with Gasteiger partial charge in [-0.2, -0.15) is 10.1 Å². The number of fused-ring (bicyclic) bond motifs is 1. The van der Waals surface area contributed by atoms with Crippen LogP contribution < -0.4 is 0 Å².